The van der Waals surface area contributed by atoms with Crippen LogP contribution in [0.4, 0.5) is 4.39 Å². The molecule has 0 spiro atoms. The number of aromatic nitrogens is 1. The Hall–Kier alpha value is -4.34. The Bertz CT molecular complexity index is 1250. The molecule has 0 aliphatic heterocycles. The van der Waals surface area contributed by atoms with Crippen LogP contribution < -0.4 is 16.0 Å². The number of nitrogens with one attached hydrogen (secondary N) is 5. The van der Waals surface area contributed by atoms with Gasteiger partial charge in [-0.3, -0.25) is 19.2 Å². The van der Waals surface area contributed by atoms with Gasteiger partial charge < -0.3 is 26.3 Å². The fourth-order valence-corrected chi connectivity index (χ4v) is 3.79. The number of benzene rings is 2. The number of halogens is 1. The lowest BCUT2D eigenvalue weighted by Gasteiger charge is -2.23. The van der Waals surface area contributed by atoms with Gasteiger partial charge in [-0.15, -0.1) is 0 Å². The van der Waals surface area contributed by atoms with Gasteiger partial charge in [-0.1, -0.05) is 30.3 Å². The van der Waals surface area contributed by atoms with Crippen molar-refractivity contribution in [1.82, 2.24) is 20.9 Å². The number of aromatic amines is 1. The van der Waals surface area contributed by atoms with E-state index in [1.54, 1.807) is 6.20 Å². The molecule has 1 heterocycles. The van der Waals surface area contributed by atoms with Gasteiger partial charge >= 0.3 is 0 Å². The second-order valence-corrected chi connectivity index (χ2v) is 8.37. The smallest absolute Gasteiger partial charge is 0.243 e. The summed E-state index contributed by atoms with van der Waals surface area (Å²) in [5.41, 5.74) is 2.36. The summed E-state index contributed by atoms with van der Waals surface area (Å²) in [6, 6.07) is 11.1. The van der Waals surface area contributed by atoms with Crippen LogP contribution in [-0.4, -0.2) is 46.8 Å². The normalized spacial score (nSPS) is 12.4. The van der Waals surface area contributed by atoms with Gasteiger partial charge in [0, 0.05) is 43.4 Å². The molecule has 10 heteroatoms. The van der Waals surface area contributed by atoms with Gasteiger partial charge in [0.1, 0.15) is 17.9 Å². The molecule has 36 heavy (non-hydrogen) atoms. The van der Waals surface area contributed by atoms with Gasteiger partial charge in [-0.25, -0.2) is 4.39 Å². The summed E-state index contributed by atoms with van der Waals surface area (Å²) in [6.45, 7) is 1.39. The lowest BCUT2D eigenvalue weighted by molar-refractivity contribution is -0.132. The first-order valence-electron chi connectivity index (χ1n) is 11.4. The Balaban J connectivity index is 1.74. The van der Waals surface area contributed by atoms with Crippen molar-refractivity contribution in [2.45, 2.75) is 44.8 Å². The molecule has 188 valence electrons. The Labute approximate surface area is 207 Å². The van der Waals surface area contributed by atoms with E-state index in [2.05, 4.69) is 20.9 Å². The molecule has 2 aromatic carbocycles. The molecular formula is C26H28FN5O4. The Kier molecular flexibility index (Phi) is 9.04. The van der Waals surface area contributed by atoms with Crippen LogP contribution in [0.15, 0.2) is 54.7 Å². The minimum absolute atomic E-state index is 0.0327. The lowest BCUT2D eigenvalue weighted by Crippen LogP contribution is -2.54. The third-order valence-corrected chi connectivity index (χ3v) is 5.65. The number of rotatable bonds is 12. The maximum absolute atomic E-state index is 13.2. The van der Waals surface area contributed by atoms with E-state index in [4.69, 9.17) is 5.41 Å². The molecule has 2 atom stereocenters. The molecule has 0 aliphatic rings. The third-order valence-electron chi connectivity index (χ3n) is 5.65. The summed E-state index contributed by atoms with van der Waals surface area (Å²) in [5, 5.41) is 16.0. The van der Waals surface area contributed by atoms with E-state index in [-0.39, 0.29) is 25.8 Å². The number of carbonyl (C=O) groups is 4. The maximum Gasteiger partial charge on any atom is 0.243 e. The van der Waals surface area contributed by atoms with Crippen molar-refractivity contribution in [2.75, 3.05) is 0 Å². The van der Waals surface area contributed by atoms with Crippen LogP contribution in [0.25, 0.3) is 10.9 Å². The molecule has 0 saturated heterocycles. The van der Waals surface area contributed by atoms with Gasteiger partial charge in [-0.05, 0) is 35.7 Å². The van der Waals surface area contributed by atoms with E-state index in [0.717, 1.165) is 16.5 Å². The largest absolute Gasteiger partial charge is 0.361 e. The highest BCUT2D eigenvalue weighted by Crippen LogP contribution is 2.19. The van der Waals surface area contributed by atoms with Crippen molar-refractivity contribution >= 4 is 40.6 Å². The number of carbonyl (C=O) groups excluding carboxylic acids is 4. The van der Waals surface area contributed by atoms with E-state index in [0.29, 0.717) is 11.8 Å². The van der Waals surface area contributed by atoms with Crippen molar-refractivity contribution in [1.29, 1.82) is 5.41 Å². The van der Waals surface area contributed by atoms with E-state index in [9.17, 15) is 23.6 Å². The molecule has 3 amide bonds. The van der Waals surface area contributed by atoms with E-state index < -0.39 is 41.4 Å². The molecule has 3 rings (SSSR count). The van der Waals surface area contributed by atoms with E-state index in [1.807, 2.05) is 24.3 Å². The van der Waals surface area contributed by atoms with E-state index >= 15 is 0 Å². The molecule has 3 aromatic rings. The Morgan fingerprint density at radius 1 is 1.00 bits per heavy atom. The average Bonchev–Trinajstić information content (AvgIpc) is 3.27. The minimum Gasteiger partial charge on any atom is -0.361 e. The zero-order chi connectivity index (χ0) is 26.1. The van der Waals surface area contributed by atoms with Crippen LogP contribution in [0.1, 0.15) is 30.9 Å². The summed E-state index contributed by atoms with van der Waals surface area (Å²) in [4.78, 5) is 52.7. The zero-order valence-electron chi connectivity index (χ0n) is 19.8. The predicted molar refractivity (Wildman–Crippen MR) is 133 cm³/mol. The number of ketones is 1. The van der Waals surface area contributed by atoms with Crippen molar-refractivity contribution in [3.8, 4) is 0 Å². The molecule has 0 aliphatic carbocycles. The first-order valence-corrected chi connectivity index (χ1v) is 11.4. The molecular weight excluding hydrogens is 465 g/mol. The summed E-state index contributed by atoms with van der Waals surface area (Å²) in [5.74, 6) is -2.43. The summed E-state index contributed by atoms with van der Waals surface area (Å²) in [7, 11) is 0. The summed E-state index contributed by atoms with van der Waals surface area (Å²) < 4.78 is 13.1. The van der Waals surface area contributed by atoms with Gasteiger partial charge in [0.05, 0.1) is 6.21 Å². The average molecular weight is 494 g/mol. The molecule has 9 nitrogen and oxygen atoms in total. The number of para-hydroxylation sites is 1. The van der Waals surface area contributed by atoms with Gasteiger partial charge in [-0.2, -0.15) is 0 Å². The van der Waals surface area contributed by atoms with Crippen LogP contribution in [0.2, 0.25) is 0 Å². The van der Waals surface area contributed by atoms with Crippen LogP contribution in [0, 0.1) is 11.2 Å². The molecule has 0 bridgehead atoms. The minimum atomic E-state index is -1.08. The number of hydrogen-bond donors (Lipinski definition) is 5. The first-order chi connectivity index (χ1) is 17.3. The number of H-pyrrole nitrogens is 1. The molecule has 0 radical (unpaired) electrons. The topological polar surface area (TPSA) is 144 Å². The second-order valence-electron chi connectivity index (χ2n) is 8.37. The van der Waals surface area contributed by atoms with Gasteiger partial charge in [0.25, 0.3) is 0 Å². The number of amides is 3. The molecule has 1 aromatic heterocycles. The SMILES string of the molecule is CC(=O)N[C@@H](Cc1c[nH]c2ccccc12)C(=O)N[C@@H](CCC(=O)C=N)C(=O)NCc1ccc(F)cc1. The Morgan fingerprint density at radius 2 is 1.72 bits per heavy atom. The van der Waals surface area contributed by atoms with Crippen LogP contribution >= 0.6 is 0 Å². The molecule has 0 fully saturated rings. The van der Waals surface area contributed by atoms with Crippen LogP contribution in [0.5, 0.6) is 0 Å². The third kappa shape index (κ3) is 7.33. The van der Waals surface area contributed by atoms with Gasteiger partial charge in [0.2, 0.25) is 17.7 Å². The van der Waals surface area contributed by atoms with Crippen LogP contribution in [0.3, 0.4) is 0 Å². The summed E-state index contributed by atoms with van der Waals surface area (Å²) in [6.07, 6.45) is 2.45. The highest BCUT2D eigenvalue weighted by Gasteiger charge is 2.27. The van der Waals surface area contributed by atoms with Crippen molar-refractivity contribution < 1.29 is 23.6 Å². The first kappa shape index (κ1) is 26.3. The summed E-state index contributed by atoms with van der Waals surface area (Å²) >= 11 is 0. The lowest BCUT2D eigenvalue weighted by atomic mass is 10.0. The maximum atomic E-state index is 13.2. The van der Waals surface area contributed by atoms with E-state index in [1.165, 1.54) is 31.2 Å². The standard InChI is InChI=1S/C26H28FN5O4/c1-16(33)31-24(12-18-15-29-22-5-3-2-4-21(18)22)26(36)32-23(11-10-20(34)13-28)25(35)30-14-17-6-8-19(27)9-7-17/h2-9,13,15,23-24,28-29H,10-12,14H2,1H3,(H,30,35)(H,31,33)(H,32,36)/t23-,24-/m0/s1. The number of Topliss-reactive ketones (excluding diaryl/α,β-unsaturated/α-hetero) is 1. The zero-order valence-corrected chi connectivity index (χ0v) is 19.8. The molecule has 5 N–H and O–H groups in total. The highest BCUT2D eigenvalue weighted by molar-refractivity contribution is 6.26. The number of fused-ring (bicyclic) bond motifs is 1. The molecule has 0 saturated carbocycles. The molecule has 0 unspecified atom stereocenters. The fourth-order valence-electron chi connectivity index (χ4n) is 3.79. The quantitative estimate of drug-likeness (QED) is 0.246. The highest BCUT2D eigenvalue weighted by atomic mass is 19.1. The monoisotopic (exact) mass is 493 g/mol. The fraction of sp³-hybridized carbons (Fsp3) is 0.269. The van der Waals surface area contributed by atoms with Crippen molar-refractivity contribution in [2.24, 2.45) is 0 Å². The second kappa shape index (κ2) is 12.4. The van der Waals surface area contributed by atoms with Crippen molar-refractivity contribution in [3.05, 3.63) is 71.7 Å². The predicted octanol–water partition coefficient (Wildman–Crippen LogP) is 2.15. The van der Waals surface area contributed by atoms with Gasteiger partial charge in [0.15, 0.2) is 5.78 Å². The van der Waals surface area contributed by atoms with Crippen LogP contribution in [-0.2, 0) is 32.1 Å². The van der Waals surface area contributed by atoms with Crippen molar-refractivity contribution in [3.63, 3.8) is 0 Å². The number of hydrogen-bond acceptors (Lipinski definition) is 5. The Morgan fingerprint density at radius 3 is 2.42 bits per heavy atom.